The molecule has 0 saturated carbocycles. The molecule has 3 aromatic rings. The monoisotopic (exact) mass is 748 g/mol. The third-order valence-corrected chi connectivity index (χ3v) is 10.5. The van der Waals surface area contributed by atoms with Crippen molar-refractivity contribution in [2.45, 2.75) is 109 Å². The minimum atomic E-state index is -2.19. The van der Waals surface area contributed by atoms with E-state index in [2.05, 4.69) is 5.32 Å². The first-order valence-electron chi connectivity index (χ1n) is 18.1. The van der Waals surface area contributed by atoms with Crippen LogP contribution < -0.4 is 15.8 Å². The van der Waals surface area contributed by atoms with E-state index in [1.54, 1.807) is 24.3 Å². The fraction of sp³-hybridized carbons (Fsp3) is 0.488. The van der Waals surface area contributed by atoms with Gasteiger partial charge in [0.25, 0.3) is 0 Å². The lowest BCUT2D eigenvalue weighted by molar-refractivity contribution is -0.275. The molecule has 13 nitrogen and oxygen atoms in total. The number of amides is 1. The van der Waals surface area contributed by atoms with Crippen molar-refractivity contribution in [1.82, 2.24) is 5.32 Å². The number of aliphatic hydroxyl groups excluding tert-OH is 2. The highest BCUT2D eigenvalue weighted by molar-refractivity contribution is 5.96. The maximum absolute atomic E-state index is 13.8. The normalized spacial score (nSPS) is 24.9. The molecule has 2 aliphatic heterocycles. The van der Waals surface area contributed by atoms with Crippen LogP contribution in [0.15, 0.2) is 48.5 Å². The van der Waals surface area contributed by atoms with Gasteiger partial charge in [-0.05, 0) is 78.3 Å². The van der Waals surface area contributed by atoms with Crippen LogP contribution in [-0.2, 0) is 34.1 Å². The average molecular weight is 749 g/mol. The minimum absolute atomic E-state index is 0.0431. The summed E-state index contributed by atoms with van der Waals surface area (Å²) in [5, 5.41) is 34.1. The lowest BCUT2D eigenvalue weighted by Gasteiger charge is -2.48. The van der Waals surface area contributed by atoms with Crippen molar-refractivity contribution in [3.63, 3.8) is 0 Å². The Morgan fingerprint density at radius 1 is 0.981 bits per heavy atom. The highest BCUT2D eigenvalue weighted by Gasteiger charge is 2.58. The maximum Gasteiger partial charge on any atom is 0.379 e. The molecular formula is C41H52N2O11. The molecule has 0 spiro atoms. The van der Waals surface area contributed by atoms with Gasteiger partial charge in [-0.3, -0.25) is 4.79 Å². The van der Waals surface area contributed by atoms with Crippen LogP contribution in [0.3, 0.4) is 0 Å². The largest absolute Gasteiger partial charge is 0.508 e. The molecule has 54 heavy (non-hydrogen) atoms. The van der Waals surface area contributed by atoms with E-state index < -0.39 is 66.2 Å². The highest BCUT2D eigenvalue weighted by atomic mass is 16.7. The second-order valence-corrected chi connectivity index (χ2v) is 14.8. The van der Waals surface area contributed by atoms with Gasteiger partial charge in [-0.1, -0.05) is 45.9 Å². The number of phenols is 1. The molecule has 2 heterocycles. The molecule has 0 radical (unpaired) electrons. The van der Waals surface area contributed by atoms with Crippen LogP contribution in [-0.4, -0.2) is 90.2 Å². The topological polar surface area (TPSA) is 196 Å². The van der Waals surface area contributed by atoms with E-state index in [9.17, 15) is 29.7 Å². The molecule has 13 heteroatoms. The van der Waals surface area contributed by atoms with Gasteiger partial charge in [0.05, 0.1) is 50.0 Å². The molecule has 2 unspecified atom stereocenters. The summed E-state index contributed by atoms with van der Waals surface area (Å²) in [5.74, 6) is -3.93. The van der Waals surface area contributed by atoms with Gasteiger partial charge in [0.1, 0.15) is 17.6 Å². The number of esters is 2. The first-order chi connectivity index (χ1) is 25.5. The van der Waals surface area contributed by atoms with Crippen molar-refractivity contribution in [1.29, 1.82) is 0 Å². The van der Waals surface area contributed by atoms with E-state index >= 15 is 0 Å². The van der Waals surface area contributed by atoms with Gasteiger partial charge in [0, 0.05) is 30.7 Å². The highest BCUT2D eigenvalue weighted by Crippen LogP contribution is 2.52. The van der Waals surface area contributed by atoms with Gasteiger partial charge < -0.3 is 50.1 Å². The third kappa shape index (κ3) is 7.06. The number of hydrogen-bond donors (Lipinski definition) is 5. The lowest BCUT2D eigenvalue weighted by atomic mass is 9.74. The van der Waals surface area contributed by atoms with Gasteiger partial charge in [-0.15, -0.1) is 0 Å². The first kappa shape index (κ1) is 40.7. The van der Waals surface area contributed by atoms with Crippen LogP contribution in [0, 0.1) is 13.8 Å². The number of carbonyl (C=O) groups is 3. The molecule has 5 rings (SSSR count). The Labute approximate surface area is 315 Å². The third-order valence-electron chi connectivity index (χ3n) is 10.5. The van der Waals surface area contributed by atoms with Gasteiger partial charge in [0.2, 0.25) is 5.91 Å². The zero-order valence-electron chi connectivity index (χ0n) is 32.3. The van der Waals surface area contributed by atoms with Crippen LogP contribution in [0.25, 0.3) is 0 Å². The van der Waals surface area contributed by atoms with Crippen LogP contribution in [0.4, 0.5) is 0 Å². The molecule has 1 saturated heterocycles. The summed E-state index contributed by atoms with van der Waals surface area (Å²) in [5.41, 5.74) is 10.0. The van der Waals surface area contributed by atoms with Gasteiger partial charge in [-0.2, -0.15) is 0 Å². The van der Waals surface area contributed by atoms with Crippen LogP contribution in [0.1, 0.15) is 102 Å². The smallest absolute Gasteiger partial charge is 0.379 e. The summed E-state index contributed by atoms with van der Waals surface area (Å²) in [4.78, 5) is 39.8. The van der Waals surface area contributed by atoms with Crippen molar-refractivity contribution in [2.24, 2.45) is 5.73 Å². The number of benzene rings is 3. The second kappa shape index (κ2) is 15.7. The number of rotatable bonds is 12. The number of methoxy groups -OCH3 is 2. The van der Waals surface area contributed by atoms with Crippen molar-refractivity contribution in [3.8, 4) is 11.5 Å². The Kier molecular flexibility index (Phi) is 11.8. The zero-order chi connectivity index (χ0) is 39.9. The number of aromatic hydroxyl groups is 1. The summed E-state index contributed by atoms with van der Waals surface area (Å²) in [6, 6.07) is 12.2. The number of fused-ring (bicyclic) bond motifs is 1. The molecule has 0 aromatic heterocycles. The molecule has 0 aliphatic carbocycles. The van der Waals surface area contributed by atoms with Gasteiger partial charge in [0.15, 0.2) is 5.60 Å². The summed E-state index contributed by atoms with van der Waals surface area (Å²) in [6.45, 7) is 12.1. The van der Waals surface area contributed by atoms with Crippen LogP contribution >= 0.6 is 0 Å². The Hall–Kier alpha value is -4.53. The summed E-state index contributed by atoms with van der Waals surface area (Å²) in [7, 11) is 2.57. The van der Waals surface area contributed by atoms with Crippen molar-refractivity contribution >= 4 is 17.8 Å². The molecule has 7 atom stereocenters. The van der Waals surface area contributed by atoms with E-state index in [0.29, 0.717) is 44.5 Å². The molecule has 0 bridgehead atoms. The molecule has 6 N–H and O–H groups in total. The lowest BCUT2D eigenvalue weighted by Crippen LogP contribution is -2.70. The van der Waals surface area contributed by atoms with Crippen LogP contribution in [0.2, 0.25) is 0 Å². The number of cyclic esters (lactones) is 1. The minimum Gasteiger partial charge on any atom is -0.508 e. The van der Waals surface area contributed by atoms with Crippen molar-refractivity contribution < 1.29 is 53.4 Å². The predicted octanol–water partition coefficient (Wildman–Crippen LogP) is 3.96. The fourth-order valence-corrected chi connectivity index (χ4v) is 7.75. The van der Waals surface area contributed by atoms with E-state index in [-0.39, 0.29) is 29.8 Å². The number of hydrogen-bond acceptors (Lipinski definition) is 12. The van der Waals surface area contributed by atoms with Crippen molar-refractivity contribution in [2.75, 3.05) is 20.8 Å². The summed E-state index contributed by atoms with van der Waals surface area (Å²) < 4.78 is 30.6. The van der Waals surface area contributed by atoms with E-state index in [0.717, 1.165) is 0 Å². The number of carbonyl (C=O) groups excluding carboxylic acids is 3. The fourth-order valence-electron chi connectivity index (χ4n) is 7.75. The maximum atomic E-state index is 13.8. The number of phenolic OH excluding ortho intramolecular Hbond substituents is 1. The number of aliphatic hydroxyl groups is 2. The zero-order valence-corrected chi connectivity index (χ0v) is 32.3. The summed E-state index contributed by atoms with van der Waals surface area (Å²) >= 11 is 0. The first-order valence-corrected chi connectivity index (χ1v) is 18.1. The molecule has 2 aliphatic rings. The van der Waals surface area contributed by atoms with Crippen molar-refractivity contribution in [3.05, 3.63) is 93.0 Å². The molecule has 3 aromatic carbocycles. The predicted molar refractivity (Wildman–Crippen MR) is 198 cm³/mol. The molecule has 1 fully saturated rings. The number of nitrogens with one attached hydrogen (secondary N) is 1. The molecule has 1 amide bonds. The second-order valence-electron chi connectivity index (χ2n) is 14.8. The Morgan fingerprint density at radius 3 is 2.17 bits per heavy atom. The van der Waals surface area contributed by atoms with E-state index in [4.69, 9.17) is 29.4 Å². The Bertz CT molecular complexity index is 1910. The van der Waals surface area contributed by atoms with Gasteiger partial charge in [-0.25, -0.2) is 9.59 Å². The Morgan fingerprint density at radius 2 is 1.59 bits per heavy atom. The Balaban J connectivity index is 1.74. The van der Waals surface area contributed by atoms with E-state index in [1.807, 2.05) is 65.8 Å². The van der Waals surface area contributed by atoms with E-state index in [1.165, 1.54) is 21.1 Å². The number of ether oxygens (including phenoxy) is 5. The SMILES string of the molecule is COC(=O)[C@@]1(Oc2cc(C)c(C3(c4cc(C(C)C)c(O)cc4C)OC(=O)c4ccccc43)cc2C(C)C)C[C@H](OC)[C@@H](NC(C)=O)C([C@@H](N)[C@@H](O)CO)O1. The van der Waals surface area contributed by atoms with Gasteiger partial charge >= 0.3 is 17.7 Å². The number of nitrogens with two attached hydrogens (primary N) is 1. The molecular weight excluding hydrogens is 696 g/mol. The molecule has 292 valence electrons. The quantitative estimate of drug-likeness (QED) is 0.168. The van der Waals surface area contributed by atoms with Crippen LogP contribution in [0.5, 0.6) is 11.5 Å². The standard InChI is InChI=1S/C41H52N2O11/c1-20(2)26-16-29(22(5)14-31(26)46)41(28-13-11-10-12-25(28)38(48)54-41)30-17-27(21(3)4)33(15-23(30)6)52-40(39(49)51-9)18-34(50-8)36(43-24(7)45)37(53-40)35(42)32(47)19-44/h10-17,20-21,32,34-37,44,46-47H,18-19,42H2,1-9H3,(H,43,45)/t32-,34-,35-,36+,37?,40+,41?/m0/s1. The summed E-state index contributed by atoms with van der Waals surface area (Å²) in [6.07, 6.45) is -3.95. The average Bonchev–Trinajstić information content (AvgIpc) is 3.42. The number of aryl methyl sites for hydroxylation is 2.